The van der Waals surface area contributed by atoms with E-state index in [1.54, 1.807) is 6.07 Å². The van der Waals surface area contributed by atoms with Crippen molar-refractivity contribution in [2.24, 2.45) is 0 Å². The van der Waals surface area contributed by atoms with E-state index < -0.39 is 12.1 Å². The molecule has 0 amide bonds. The summed E-state index contributed by atoms with van der Waals surface area (Å²) < 4.78 is 0. The van der Waals surface area contributed by atoms with Gasteiger partial charge in [-0.3, -0.25) is 0 Å². The Morgan fingerprint density at radius 1 is 1.33 bits per heavy atom. The predicted octanol–water partition coefficient (Wildman–Crippen LogP) is -1.46. The molecule has 2 N–H and O–H groups in total. The standard InChI is InChI=1S/C10H11N2O.Pr.Rb/c11-7-10(13)9(12)6-8-4-2-1-3-5-8;;/h1-5,9-10,12-13H,6H2;;/q-1;;+1. The Kier molecular flexibility index (Phi) is 13.9. The van der Waals surface area contributed by atoms with Gasteiger partial charge in [-0.15, -0.1) is 0 Å². The van der Waals surface area contributed by atoms with Gasteiger partial charge in [-0.2, -0.15) is 5.26 Å². The van der Waals surface area contributed by atoms with E-state index in [1.807, 2.05) is 30.3 Å². The van der Waals surface area contributed by atoms with Crippen LogP contribution in [-0.2, 0) is 6.42 Å². The summed E-state index contributed by atoms with van der Waals surface area (Å²) in [5.74, 6) is 0. The van der Waals surface area contributed by atoms with Crippen LogP contribution in [-0.4, -0.2) is 17.3 Å². The molecule has 0 aliphatic rings. The average molecular weight is 402 g/mol. The average Bonchev–Trinajstić information content (AvgIpc) is 2.18. The Labute approximate surface area is 172 Å². The van der Waals surface area contributed by atoms with Crippen LogP contribution in [0.25, 0.3) is 5.73 Å². The first-order valence-corrected chi connectivity index (χ1v) is 4.06. The van der Waals surface area contributed by atoms with Crippen LogP contribution in [0.3, 0.4) is 0 Å². The molecule has 1 rings (SSSR count). The number of hydrogen-bond donors (Lipinski definition) is 1. The predicted molar refractivity (Wildman–Crippen MR) is 49.9 cm³/mol. The van der Waals surface area contributed by atoms with Gasteiger partial charge < -0.3 is 10.8 Å². The zero-order valence-corrected chi connectivity index (χ0v) is 17.3. The van der Waals surface area contributed by atoms with Crippen LogP contribution in [0.1, 0.15) is 5.56 Å². The summed E-state index contributed by atoms with van der Waals surface area (Å²) >= 11 is 0. The molecule has 0 fully saturated rings. The van der Waals surface area contributed by atoms with Crippen LogP contribution in [0.5, 0.6) is 0 Å². The fourth-order valence-electron chi connectivity index (χ4n) is 1.07. The third-order valence-corrected chi connectivity index (χ3v) is 1.81. The second kappa shape index (κ2) is 10.9. The van der Waals surface area contributed by atoms with Gasteiger partial charge in [0.05, 0.1) is 6.07 Å². The number of hydrogen-bond acceptors (Lipinski definition) is 2. The number of benzene rings is 1. The second-order valence-electron chi connectivity index (χ2n) is 2.87. The van der Waals surface area contributed by atoms with Gasteiger partial charge in [-0.05, 0) is 12.0 Å². The number of nitriles is 1. The van der Waals surface area contributed by atoms with E-state index >= 15 is 0 Å². The molecule has 0 aromatic heterocycles. The first-order chi connectivity index (χ1) is 6.24. The van der Waals surface area contributed by atoms with Crippen molar-refractivity contribution in [2.75, 3.05) is 0 Å². The zero-order valence-electron chi connectivity index (χ0n) is 8.72. The Balaban J connectivity index is 0. The third-order valence-electron chi connectivity index (χ3n) is 1.81. The summed E-state index contributed by atoms with van der Waals surface area (Å²) in [5.41, 5.74) is 8.41. The molecular formula is C10H11N2OPrRb. The van der Waals surface area contributed by atoms with Gasteiger partial charge in [0.25, 0.3) is 0 Å². The van der Waals surface area contributed by atoms with Crippen molar-refractivity contribution >= 4 is 0 Å². The molecule has 15 heavy (non-hydrogen) atoms. The smallest absolute Gasteiger partial charge is 0.671 e. The number of nitrogens with one attached hydrogen (secondary N) is 1. The quantitative estimate of drug-likeness (QED) is 0.629. The largest absolute Gasteiger partial charge is 1.00 e. The molecule has 71 valence electrons. The van der Waals surface area contributed by atoms with Crippen molar-refractivity contribution in [2.45, 2.75) is 18.6 Å². The molecule has 0 saturated heterocycles. The monoisotopic (exact) mass is 401 g/mol. The summed E-state index contributed by atoms with van der Waals surface area (Å²) in [6, 6.07) is 10.3. The van der Waals surface area contributed by atoms with Gasteiger partial charge in [0, 0.05) is 41.3 Å². The number of rotatable bonds is 3. The van der Waals surface area contributed by atoms with Gasteiger partial charge in [0.15, 0.2) is 0 Å². The number of aliphatic hydroxyl groups is 1. The van der Waals surface area contributed by atoms with E-state index in [9.17, 15) is 0 Å². The van der Waals surface area contributed by atoms with E-state index in [-0.39, 0.29) is 99.5 Å². The number of aliphatic hydroxyl groups excluding tert-OH is 1. The summed E-state index contributed by atoms with van der Waals surface area (Å²) in [5, 5.41) is 17.4. The minimum Gasteiger partial charge on any atom is -0.671 e. The summed E-state index contributed by atoms with van der Waals surface area (Å²) in [6.07, 6.45) is -0.782. The Morgan fingerprint density at radius 2 is 1.87 bits per heavy atom. The van der Waals surface area contributed by atoms with Crippen molar-refractivity contribution in [3.63, 3.8) is 0 Å². The van der Waals surface area contributed by atoms with E-state index in [4.69, 9.17) is 16.1 Å². The first kappa shape index (κ1) is 19.1. The molecule has 0 saturated carbocycles. The summed E-state index contributed by atoms with van der Waals surface area (Å²) in [4.78, 5) is 0. The molecule has 0 aliphatic carbocycles. The van der Waals surface area contributed by atoms with E-state index in [1.165, 1.54) is 0 Å². The van der Waals surface area contributed by atoms with Crippen LogP contribution in [0.2, 0.25) is 0 Å². The van der Waals surface area contributed by atoms with Gasteiger partial charge >= 0.3 is 58.2 Å². The van der Waals surface area contributed by atoms with E-state index in [0.29, 0.717) is 6.42 Å². The van der Waals surface area contributed by atoms with E-state index in [0.717, 1.165) is 5.56 Å². The summed E-state index contributed by atoms with van der Waals surface area (Å²) in [7, 11) is 0. The van der Waals surface area contributed by atoms with Crippen LogP contribution < -0.4 is 58.2 Å². The third kappa shape index (κ3) is 7.67. The maximum Gasteiger partial charge on any atom is 1.00 e. The van der Waals surface area contributed by atoms with Crippen LogP contribution in [0.15, 0.2) is 30.3 Å². The molecule has 0 aliphatic heterocycles. The van der Waals surface area contributed by atoms with Gasteiger partial charge in [-0.1, -0.05) is 36.4 Å². The zero-order chi connectivity index (χ0) is 9.68. The summed E-state index contributed by atoms with van der Waals surface area (Å²) in [6.45, 7) is 0. The van der Waals surface area contributed by atoms with Crippen LogP contribution >= 0.6 is 0 Å². The number of nitrogens with zero attached hydrogens (tertiary/aromatic N) is 1. The molecule has 1 aromatic rings. The SMILES string of the molecule is N#CC(O)C([NH-])Cc1ccccc1.[Pr].[Rb+]. The van der Waals surface area contributed by atoms with Crippen molar-refractivity contribution in [1.29, 1.82) is 5.26 Å². The molecule has 5 heteroatoms. The van der Waals surface area contributed by atoms with Crippen LogP contribution in [0, 0.1) is 52.6 Å². The van der Waals surface area contributed by atoms with Crippen molar-refractivity contribution in [3.8, 4) is 6.07 Å². The molecule has 1 aromatic carbocycles. The maximum atomic E-state index is 9.04. The normalized spacial score (nSPS) is 12.6. The van der Waals surface area contributed by atoms with Crippen molar-refractivity contribution < 1.29 is 105 Å². The minimum absolute atomic E-state index is 0. The van der Waals surface area contributed by atoms with Gasteiger partial charge in [0.2, 0.25) is 0 Å². The fourth-order valence-corrected chi connectivity index (χ4v) is 1.07. The van der Waals surface area contributed by atoms with Crippen molar-refractivity contribution in [1.82, 2.24) is 0 Å². The molecule has 0 bridgehead atoms. The van der Waals surface area contributed by atoms with Gasteiger partial charge in [0.1, 0.15) is 6.10 Å². The van der Waals surface area contributed by atoms with Crippen molar-refractivity contribution in [3.05, 3.63) is 41.6 Å². The van der Waals surface area contributed by atoms with E-state index in [2.05, 4.69) is 0 Å². The first-order valence-electron chi connectivity index (χ1n) is 4.06. The molecule has 1 radical (unpaired) electrons. The molecule has 2 unspecified atom stereocenters. The molecular weight excluding hydrogens is 390 g/mol. The minimum atomic E-state index is -1.19. The molecule has 2 atom stereocenters. The molecule has 0 spiro atoms. The van der Waals surface area contributed by atoms with Gasteiger partial charge in [-0.25, -0.2) is 0 Å². The Morgan fingerprint density at radius 3 is 2.33 bits per heavy atom. The topological polar surface area (TPSA) is 67.8 Å². The second-order valence-corrected chi connectivity index (χ2v) is 2.87. The van der Waals surface area contributed by atoms with Crippen LogP contribution in [0.4, 0.5) is 0 Å². The molecule has 0 heterocycles. The maximum absolute atomic E-state index is 9.04. The molecule has 3 nitrogen and oxygen atoms in total. The Hall–Kier alpha value is 1.80. The fraction of sp³-hybridized carbons (Fsp3) is 0.300. The Bertz CT molecular complexity index is 302.